The molecule has 1 saturated heterocycles. The molecule has 2 aliphatic heterocycles. The topological polar surface area (TPSA) is 58.0 Å². The molecule has 1 fully saturated rings. The van der Waals surface area contributed by atoms with E-state index in [1.807, 2.05) is 23.0 Å². The number of aromatic nitrogens is 3. The second-order valence-corrected chi connectivity index (χ2v) is 7.88. The van der Waals surface area contributed by atoms with Gasteiger partial charge in [0.1, 0.15) is 6.23 Å². The monoisotopic (exact) mass is 390 g/mol. The number of hydrogen-bond acceptors (Lipinski definition) is 3. The Labute approximate surface area is 161 Å². The van der Waals surface area contributed by atoms with Crippen molar-refractivity contribution >= 4 is 34.1 Å². The summed E-state index contributed by atoms with van der Waals surface area (Å²) in [5.41, 5.74) is 10.7. The average Bonchev–Trinajstić information content (AvgIpc) is 3.35. The van der Waals surface area contributed by atoms with E-state index in [9.17, 15) is 0 Å². The van der Waals surface area contributed by atoms with E-state index in [-0.39, 0.29) is 12.3 Å². The van der Waals surface area contributed by atoms with Crippen LogP contribution in [-0.2, 0) is 11.3 Å². The van der Waals surface area contributed by atoms with Crippen molar-refractivity contribution in [3.8, 4) is 11.1 Å². The molecule has 2 aromatic heterocycles. The Kier molecular flexibility index (Phi) is 4.01. The highest BCUT2D eigenvalue weighted by atomic mass is 35.5. The van der Waals surface area contributed by atoms with Gasteiger partial charge in [-0.05, 0) is 31.7 Å². The van der Waals surface area contributed by atoms with Crippen molar-refractivity contribution in [2.45, 2.75) is 44.5 Å². The molecular weight excluding hydrogens is 371 g/mol. The van der Waals surface area contributed by atoms with Crippen LogP contribution in [0.1, 0.15) is 43.6 Å². The van der Waals surface area contributed by atoms with Crippen LogP contribution in [0.2, 0.25) is 10.0 Å². The minimum Gasteiger partial charge on any atom is -0.357 e. The number of ether oxygens (including phenoxy) is 1. The number of fused-ring (bicyclic) bond motifs is 3. The van der Waals surface area contributed by atoms with Gasteiger partial charge in [0.05, 0.1) is 21.8 Å². The molecule has 4 heterocycles. The first-order chi connectivity index (χ1) is 12.6. The van der Waals surface area contributed by atoms with E-state index >= 15 is 0 Å². The molecule has 26 heavy (non-hydrogen) atoms. The molecular formula is C19H20Cl2N4O. The summed E-state index contributed by atoms with van der Waals surface area (Å²) in [4.78, 5) is 0. The Bertz CT molecular complexity index is 987. The van der Waals surface area contributed by atoms with Crippen LogP contribution in [0.5, 0.6) is 0 Å². The molecule has 2 N–H and O–H groups in total. The number of hydrogen-bond donors (Lipinski definition) is 1. The Morgan fingerprint density at radius 1 is 1.19 bits per heavy atom. The second-order valence-electron chi connectivity index (χ2n) is 7.09. The minimum absolute atomic E-state index is 0.0125. The lowest BCUT2D eigenvalue weighted by molar-refractivity contribution is -0.0394. The summed E-state index contributed by atoms with van der Waals surface area (Å²) < 4.78 is 10.0. The van der Waals surface area contributed by atoms with Crippen molar-refractivity contribution in [1.29, 1.82) is 0 Å². The molecule has 0 aliphatic carbocycles. The molecule has 0 bridgehead atoms. The SMILES string of the molecule is NC1CCn2c1c(-c1cnn(C3CCCCO3)c1)c1ccc(Cl)c(Cl)c12. The smallest absolute Gasteiger partial charge is 0.150 e. The second kappa shape index (κ2) is 6.27. The minimum atomic E-state index is -0.0125. The van der Waals surface area contributed by atoms with E-state index in [4.69, 9.17) is 33.7 Å². The van der Waals surface area contributed by atoms with Crippen molar-refractivity contribution in [3.05, 3.63) is 40.3 Å². The van der Waals surface area contributed by atoms with Gasteiger partial charge in [0, 0.05) is 47.6 Å². The lowest BCUT2D eigenvalue weighted by Crippen LogP contribution is -2.18. The summed E-state index contributed by atoms with van der Waals surface area (Å²) in [5, 5.41) is 6.81. The Morgan fingerprint density at radius 2 is 2.08 bits per heavy atom. The van der Waals surface area contributed by atoms with Gasteiger partial charge in [-0.15, -0.1) is 0 Å². The Morgan fingerprint density at radius 3 is 2.88 bits per heavy atom. The molecule has 5 rings (SSSR count). The van der Waals surface area contributed by atoms with Gasteiger partial charge in [-0.3, -0.25) is 0 Å². The van der Waals surface area contributed by atoms with Gasteiger partial charge in [0.25, 0.3) is 0 Å². The molecule has 0 amide bonds. The molecule has 5 nitrogen and oxygen atoms in total. The van der Waals surface area contributed by atoms with Crippen molar-refractivity contribution in [2.75, 3.05) is 6.61 Å². The van der Waals surface area contributed by atoms with Gasteiger partial charge >= 0.3 is 0 Å². The predicted molar refractivity (Wildman–Crippen MR) is 104 cm³/mol. The van der Waals surface area contributed by atoms with Gasteiger partial charge in [-0.25, -0.2) is 4.68 Å². The van der Waals surface area contributed by atoms with Gasteiger partial charge in [0.2, 0.25) is 0 Å². The van der Waals surface area contributed by atoms with Gasteiger partial charge in [0.15, 0.2) is 0 Å². The quantitative estimate of drug-likeness (QED) is 0.675. The number of aryl methyl sites for hydroxylation is 1. The van der Waals surface area contributed by atoms with E-state index in [2.05, 4.69) is 15.9 Å². The summed E-state index contributed by atoms with van der Waals surface area (Å²) in [6.07, 6.45) is 8.18. The number of nitrogens with zero attached hydrogens (tertiary/aromatic N) is 3. The first-order valence-corrected chi connectivity index (χ1v) is 9.82. The van der Waals surface area contributed by atoms with Crippen LogP contribution in [0.25, 0.3) is 22.0 Å². The lowest BCUT2D eigenvalue weighted by Gasteiger charge is -2.22. The Balaban J connectivity index is 1.69. The zero-order valence-electron chi connectivity index (χ0n) is 14.3. The maximum Gasteiger partial charge on any atom is 0.150 e. The van der Waals surface area contributed by atoms with Crippen LogP contribution in [0.4, 0.5) is 0 Å². The summed E-state index contributed by atoms with van der Waals surface area (Å²) in [6, 6.07) is 3.87. The molecule has 0 saturated carbocycles. The average molecular weight is 391 g/mol. The van der Waals surface area contributed by atoms with E-state index in [0.717, 1.165) is 60.1 Å². The van der Waals surface area contributed by atoms with Crippen LogP contribution in [0.15, 0.2) is 24.5 Å². The first-order valence-electron chi connectivity index (χ1n) is 9.07. The van der Waals surface area contributed by atoms with Crippen LogP contribution >= 0.6 is 23.2 Å². The van der Waals surface area contributed by atoms with Crippen molar-refractivity contribution in [3.63, 3.8) is 0 Å². The molecule has 3 aromatic rings. The van der Waals surface area contributed by atoms with E-state index in [0.29, 0.717) is 10.0 Å². The highest BCUT2D eigenvalue weighted by Crippen LogP contribution is 2.45. The van der Waals surface area contributed by atoms with Gasteiger partial charge in [-0.2, -0.15) is 5.10 Å². The molecule has 2 unspecified atom stereocenters. The fourth-order valence-electron chi connectivity index (χ4n) is 4.28. The maximum absolute atomic E-state index is 6.55. The Hall–Kier alpha value is -1.53. The number of halogens is 2. The fraction of sp³-hybridized carbons (Fsp3) is 0.421. The molecule has 7 heteroatoms. The highest BCUT2D eigenvalue weighted by molar-refractivity contribution is 6.45. The molecule has 136 valence electrons. The summed E-state index contributed by atoms with van der Waals surface area (Å²) in [5.74, 6) is 0. The van der Waals surface area contributed by atoms with E-state index < -0.39 is 0 Å². The van der Waals surface area contributed by atoms with Crippen molar-refractivity contribution < 1.29 is 4.74 Å². The molecule has 2 atom stereocenters. The molecule has 0 spiro atoms. The zero-order chi connectivity index (χ0) is 17.8. The summed E-state index contributed by atoms with van der Waals surface area (Å²) >= 11 is 12.8. The molecule has 1 aromatic carbocycles. The standard InChI is InChI=1S/C19H20Cl2N4O/c20-13-5-4-12-16(19-14(22)6-7-24(19)18(12)17(13)21)11-9-23-25(10-11)15-3-1-2-8-26-15/h4-5,9-10,14-15H,1-3,6-8,22H2. The van der Waals surface area contributed by atoms with Gasteiger partial charge in [-0.1, -0.05) is 29.3 Å². The highest BCUT2D eigenvalue weighted by Gasteiger charge is 2.30. The predicted octanol–water partition coefficient (Wildman–Crippen LogP) is 4.91. The van der Waals surface area contributed by atoms with Crippen LogP contribution in [0.3, 0.4) is 0 Å². The number of nitrogens with two attached hydrogens (primary N) is 1. The number of rotatable bonds is 2. The summed E-state index contributed by atoms with van der Waals surface area (Å²) in [7, 11) is 0. The number of benzene rings is 1. The first kappa shape index (κ1) is 16.6. The van der Waals surface area contributed by atoms with Crippen LogP contribution in [0, 0.1) is 0 Å². The lowest BCUT2D eigenvalue weighted by atomic mass is 10.0. The van der Waals surface area contributed by atoms with Crippen LogP contribution in [-0.4, -0.2) is 21.0 Å². The molecule has 2 aliphatic rings. The van der Waals surface area contributed by atoms with Crippen LogP contribution < -0.4 is 5.73 Å². The van der Waals surface area contributed by atoms with Gasteiger partial charge < -0.3 is 15.0 Å². The largest absolute Gasteiger partial charge is 0.357 e. The normalized spacial score (nSPS) is 22.9. The maximum atomic E-state index is 6.55. The van der Waals surface area contributed by atoms with E-state index in [1.54, 1.807) is 0 Å². The molecule has 0 radical (unpaired) electrons. The van der Waals surface area contributed by atoms with Crippen molar-refractivity contribution in [1.82, 2.24) is 14.3 Å². The fourth-order valence-corrected chi connectivity index (χ4v) is 4.70. The van der Waals surface area contributed by atoms with Crippen molar-refractivity contribution in [2.24, 2.45) is 5.73 Å². The summed E-state index contributed by atoms with van der Waals surface area (Å²) in [6.45, 7) is 1.65. The third kappa shape index (κ3) is 2.42. The van der Waals surface area contributed by atoms with E-state index in [1.165, 1.54) is 6.42 Å². The zero-order valence-corrected chi connectivity index (χ0v) is 15.8. The third-order valence-electron chi connectivity index (χ3n) is 5.51. The third-order valence-corrected chi connectivity index (χ3v) is 6.31.